The van der Waals surface area contributed by atoms with Crippen LogP contribution in [0.4, 0.5) is 4.39 Å². The summed E-state index contributed by atoms with van der Waals surface area (Å²) in [5.74, 6) is 0.157. The predicted molar refractivity (Wildman–Crippen MR) is 277 cm³/mol. The van der Waals surface area contributed by atoms with Crippen LogP contribution in [0.3, 0.4) is 0 Å². The van der Waals surface area contributed by atoms with Crippen molar-refractivity contribution < 1.29 is 38.0 Å². The zero-order chi connectivity index (χ0) is 49.9. The number of benzene rings is 4. The first-order valence-corrected chi connectivity index (χ1v) is 25.6. The van der Waals surface area contributed by atoms with Crippen molar-refractivity contribution >= 4 is 50.7 Å². The molecule has 4 bridgehead atoms. The Morgan fingerprint density at radius 3 is 2.33 bits per heavy atom. The van der Waals surface area contributed by atoms with Crippen LogP contribution in [0.25, 0.3) is 43.2 Å². The lowest BCUT2D eigenvalue weighted by Gasteiger charge is -2.35. The van der Waals surface area contributed by atoms with Gasteiger partial charge in [-0.3, -0.25) is 9.80 Å². The number of nitrogens with zero attached hydrogens (tertiary/aromatic N) is 7. The Kier molecular flexibility index (Phi) is 15.2. The molecule has 4 aliphatic rings. The van der Waals surface area contributed by atoms with E-state index in [0.29, 0.717) is 93.8 Å². The Hall–Kier alpha value is -5.98. The van der Waals surface area contributed by atoms with Gasteiger partial charge in [-0.1, -0.05) is 59.6 Å². The molecular formula is C54H54Cl2FN7O7S. The van der Waals surface area contributed by atoms with Crippen LogP contribution in [0.15, 0.2) is 85.3 Å². The van der Waals surface area contributed by atoms with E-state index in [9.17, 15) is 14.3 Å². The maximum absolute atomic E-state index is 14.4. The van der Waals surface area contributed by atoms with Gasteiger partial charge in [0.25, 0.3) is 0 Å². The van der Waals surface area contributed by atoms with Gasteiger partial charge in [0.05, 0.1) is 34.3 Å². The zero-order valence-electron chi connectivity index (χ0n) is 40.2. The van der Waals surface area contributed by atoms with Gasteiger partial charge in [-0.05, 0) is 91.5 Å². The highest BCUT2D eigenvalue weighted by molar-refractivity contribution is 7.22. The Morgan fingerprint density at radius 1 is 0.861 bits per heavy atom. The lowest BCUT2D eigenvalue weighted by molar-refractivity contribution is -0.145. The highest BCUT2D eigenvalue weighted by Crippen LogP contribution is 2.53. The molecule has 4 aromatic carbocycles. The highest BCUT2D eigenvalue weighted by Gasteiger charge is 2.32. The molecule has 7 heterocycles. The molecule has 0 spiro atoms. The summed E-state index contributed by atoms with van der Waals surface area (Å²) in [6, 6.07) is 21.6. The van der Waals surface area contributed by atoms with Crippen LogP contribution < -0.4 is 18.9 Å². The number of fused-ring (bicyclic) bond motifs is 7. The molecule has 11 rings (SSSR count). The summed E-state index contributed by atoms with van der Waals surface area (Å²) in [5.41, 5.74) is 6.53. The monoisotopic (exact) mass is 1030 g/mol. The molecule has 2 saturated heterocycles. The van der Waals surface area contributed by atoms with E-state index in [1.54, 1.807) is 42.6 Å². The number of carboxylic acid groups (broad SMARTS) is 1. The third-order valence-corrected chi connectivity index (χ3v) is 15.5. The molecule has 1 N–H and O–H groups in total. The molecular weight excluding hydrogens is 981 g/mol. The van der Waals surface area contributed by atoms with Crippen molar-refractivity contribution in [1.82, 2.24) is 34.6 Å². The Bertz CT molecular complexity index is 3050. The van der Waals surface area contributed by atoms with Gasteiger partial charge in [-0.15, -0.1) is 11.3 Å². The minimum absolute atomic E-state index is 0.0310. The van der Waals surface area contributed by atoms with Crippen LogP contribution >= 0.6 is 34.5 Å². The number of piperazine rings is 1. The fourth-order valence-corrected chi connectivity index (χ4v) is 11.1. The van der Waals surface area contributed by atoms with Crippen molar-refractivity contribution in [2.45, 2.75) is 45.5 Å². The van der Waals surface area contributed by atoms with Crippen LogP contribution in [0.5, 0.6) is 23.1 Å². The summed E-state index contributed by atoms with van der Waals surface area (Å²) < 4.78 is 46.3. The topological polar surface area (TPSA) is 145 Å². The first-order valence-electron chi connectivity index (χ1n) is 24.0. The number of aromatic nitrogens is 4. The lowest BCUT2D eigenvalue weighted by atomic mass is 9.92. The lowest BCUT2D eigenvalue weighted by Crippen LogP contribution is -2.49. The van der Waals surface area contributed by atoms with Crippen LogP contribution in [0.1, 0.15) is 27.9 Å². The average molecular weight is 1040 g/mol. The van der Waals surface area contributed by atoms with Gasteiger partial charge in [0, 0.05) is 86.5 Å². The Balaban J connectivity index is 1.01. The van der Waals surface area contributed by atoms with E-state index in [1.807, 2.05) is 26.0 Å². The van der Waals surface area contributed by atoms with E-state index in [4.69, 9.17) is 51.9 Å². The number of ether oxygens (including phenoxy) is 5. The third-order valence-electron chi connectivity index (χ3n) is 13.5. The van der Waals surface area contributed by atoms with Crippen molar-refractivity contribution in [2.24, 2.45) is 0 Å². The Morgan fingerprint density at radius 2 is 1.60 bits per heavy atom. The number of aliphatic carboxylic acids is 1. The SMILES string of the molecule is Cc1c(Cl)c2c(Cl)c(C)c1-c1c(-c3ccc(F)cc3)sc3ncnc(c13)OC(C(=O)O)Cc1cc(ccc1OCc1ccnc(-c3ccc(CCN4CCOCC4)cc3)n1)OC[C@@H](CN1CCN(C)CC1)O2. The number of carbonyl (C=O) groups is 1. The smallest absolute Gasteiger partial charge is 0.345 e. The molecule has 14 nitrogen and oxygen atoms in total. The molecule has 72 heavy (non-hydrogen) atoms. The van der Waals surface area contributed by atoms with E-state index in [-0.39, 0.29) is 25.5 Å². The summed E-state index contributed by atoms with van der Waals surface area (Å²) in [6.45, 7) is 12.4. The van der Waals surface area contributed by atoms with Crippen LogP contribution in [0, 0.1) is 19.7 Å². The van der Waals surface area contributed by atoms with Crippen molar-refractivity contribution in [3.8, 4) is 56.1 Å². The van der Waals surface area contributed by atoms with Gasteiger partial charge < -0.3 is 33.7 Å². The second-order valence-corrected chi connectivity index (χ2v) is 20.1. The normalized spacial score (nSPS) is 18.0. The number of hydrogen-bond donors (Lipinski definition) is 1. The molecule has 0 aliphatic carbocycles. The van der Waals surface area contributed by atoms with Gasteiger partial charge >= 0.3 is 5.97 Å². The average Bonchev–Trinajstić information content (AvgIpc) is 3.78. The fourth-order valence-electron chi connectivity index (χ4n) is 9.41. The van der Waals surface area contributed by atoms with Crippen LogP contribution in [-0.2, 0) is 29.0 Å². The summed E-state index contributed by atoms with van der Waals surface area (Å²) in [6.07, 6.45) is 1.84. The molecule has 374 valence electrons. The van der Waals surface area contributed by atoms with Gasteiger partial charge in [0.15, 0.2) is 11.6 Å². The number of likely N-dealkylation sites (N-methyl/N-ethyl adjacent to an activating group) is 1. The van der Waals surface area contributed by atoms with E-state index >= 15 is 0 Å². The molecule has 7 aromatic rings. The van der Waals surface area contributed by atoms with E-state index in [1.165, 1.54) is 35.4 Å². The van der Waals surface area contributed by atoms with E-state index in [2.05, 4.69) is 48.8 Å². The number of hydrogen-bond acceptors (Lipinski definition) is 14. The van der Waals surface area contributed by atoms with Gasteiger partial charge in [-0.2, -0.15) is 0 Å². The first-order chi connectivity index (χ1) is 34.9. The Labute approximate surface area is 431 Å². The molecule has 0 saturated carbocycles. The van der Waals surface area contributed by atoms with Crippen molar-refractivity contribution in [2.75, 3.05) is 79.2 Å². The minimum atomic E-state index is -1.47. The maximum atomic E-state index is 14.4. The predicted octanol–water partition coefficient (Wildman–Crippen LogP) is 9.46. The third kappa shape index (κ3) is 11.0. The van der Waals surface area contributed by atoms with E-state index in [0.717, 1.165) is 71.0 Å². The van der Waals surface area contributed by atoms with Crippen LogP contribution in [-0.4, -0.2) is 137 Å². The molecule has 0 radical (unpaired) electrons. The zero-order valence-corrected chi connectivity index (χ0v) is 42.5. The summed E-state index contributed by atoms with van der Waals surface area (Å²) in [7, 11) is 2.11. The number of morpholine rings is 1. The summed E-state index contributed by atoms with van der Waals surface area (Å²) in [5, 5.41) is 12.0. The molecule has 3 aromatic heterocycles. The van der Waals surface area contributed by atoms with Crippen molar-refractivity contribution in [3.05, 3.63) is 129 Å². The first kappa shape index (κ1) is 49.6. The molecule has 0 amide bonds. The largest absolute Gasteiger partial charge is 0.490 e. The molecule has 4 aliphatic heterocycles. The fraction of sp³-hybridized carbons (Fsp3) is 0.352. The quantitative estimate of drug-likeness (QED) is 0.131. The van der Waals surface area contributed by atoms with Gasteiger partial charge in [0.2, 0.25) is 12.0 Å². The maximum Gasteiger partial charge on any atom is 0.345 e. The molecule has 1 unspecified atom stereocenters. The second-order valence-electron chi connectivity index (χ2n) is 18.4. The number of carboxylic acids is 1. The standard InChI is InChI=1S/C54H54Cl2FN7O7S/c1-32-44-33(2)48(56)49(47(32)55)70-41(28-64-20-18-62(3)19-21-64)30-68-40-12-13-42(69-29-39-14-16-58-51(61-39)36-6-4-34(5-7-36)15-17-63-22-24-67-25-23-63)37(26-40)27-43(54(65)66)71-52-46-45(44)50(72-53(46)60-31-59-52)35-8-10-38(57)11-9-35/h4-14,16,26,31,41,43H,15,17-25,27-30H2,1-3H3,(H,65,66)/t41-,43?/m1/s1. The summed E-state index contributed by atoms with van der Waals surface area (Å²) in [4.78, 5) is 40.3. The van der Waals surface area contributed by atoms with Gasteiger partial charge in [-0.25, -0.2) is 29.1 Å². The van der Waals surface area contributed by atoms with E-state index < -0.39 is 24.0 Å². The molecule has 2 fully saturated rings. The molecule has 2 atom stereocenters. The second kappa shape index (κ2) is 22.0. The molecule has 18 heteroatoms. The number of thiophene rings is 1. The number of halogens is 3. The minimum Gasteiger partial charge on any atom is -0.490 e. The van der Waals surface area contributed by atoms with Gasteiger partial charge in [0.1, 0.15) is 47.8 Å². The summed E-state index contributed by atoms with van der Waals surface area (Å²) >= 11 is 16.0. The van der Waals surface area contributed by atoms with Crippen molar-refractivity contribution in [1.29, 1.82) is 0 Å². The number of rotatable bonds is 11. The highest BCUT2D eigenvalue weighted by atomic mass is 35.5. The van der Waals surface area contributed by atoms with Crippen LogP contribution in [0.2, 0.25) is 10.0 Å². The van der Waals surface area contributed by atoms with Crippen molar-refractivity contribution in [3.63, 3.8) is 0 Å².